The average Bonchev–Trinajstić information content (AvgIpc) is 3.21. The number of anilines is 1. The van der Waals surface area contributed by atoms with Crippen molar-refractivity contribution in [2.75, 3.05) is 11.4 Å². The van der Waals surface area contributed by atoms with E-state index in [1.54, 1.807) is 17.1 Å². The van der Waals surface area contributed by atoms with Gasteiger partial charge in [0.05, 0.1) is 16.9 Å². The lowest BCUT2D eigenvalue weighted by Gasteiger charge is -2.24. The van der Waals surface area contributed by atoms with Gasteiger partial charge in [0, 0.05) is 13.6 Å². The molecule has 1 saturated heterocycles. The number of fused-ring (bicyclic) bond motifs is 1. The maximum Gasteiger partial charge on any atom is 0.261 e. The van der Waals surface area contributed by atoms with Gasteiger partial charge < -0.3 is 4.90 Å². The van der Waals surface area contributed by atoms with Gasteiger partial charge in [-0.15, -0.1) is 10.2 Å². The summed E-state index contributed by atoms with van der Waals surface area (Å²) < 4.78 is 1.67. The minimum absolute atomic E-state index is 0.00436. The van der Waals surface area contributed by atoms with E-state index in [-0.39, 0.29) is 11.6 Å². The van der Waals surface area contributed by atoms with E-state index in [9.17, 15) is 4.79 Å². The van der Waals surface area contributed by atoms with E-state index in [0.29, 0.717) is 5.39 Å². The monoisotopic (exact) mass is 313 g/mol. The van der Waals surface area contributed by atoms with Crippen LogP contribution in [0.2, 0.25) is 0 Å². The van der Waals surface area contributed by atoms with E-state index in [1.807, 2.05) is 24.3 Å². The molecule has 1 atom stereocenters. The summed E-state index contributed by atoms with van der Waals surface area (Å²) in [4.78, 5) is 19.5. The Bertz CT molecular complexity index is 873. The molecule has 112 valence electrons. The van der Waals surface area contributed by atoms with Crippen molar-refractivity contribution >= 4 is 27.4 Å². The fraction of sp³-hybridized carbons (Fsp3) is 0.333. The lowest BCUT2D eigenvalue weighted by molar-refractivity contribution is 0.609. The van der Waals surface area contributed by atoms with Crippen molar-refractivity contribution in [1.82, 2.24) is 19.7 Å². The van der Waals surface area contributed by atoms with Gasteiger partial charge in [0.15, 0.2) is 0 Å². The first-order valence-electron chi connectivity index (χ1n) is 7.24. The number of para-hydroxylation sites is 1. The minimum atomic E-state index is 0.00436. The average molecular weight is 313 g/mol. The molecule has 1 unspecified atom stereocenters. The third-order valence-corrected chi connectivity index (χ3v) is 4.89. The van der Waals surface area contributed by atoms with E-state index in [4.69, 9.17) is 4.98 Å². The van der Waals surface area contributed by atoms with E-state index < -0.39 is 0 Å². The van der Waals surface area contributed by atoms with E-state index in [0.717, 1.165) is 35.9 Å². The number of aromatic nitrogens is 4. The molecule has 1 fully saturated rings. The van der Waals surface area contributed by atoms with Crippen molar-refractivity contribution in [2.24, 2.45) is 7.05 Å². The molecular weight excluding hydrogens is 298 g/mol. The summed E-state index contributed by atoms with van der Waals surface area (Å²) in [5.74, 6) is 0.802. The van der Waals surface area contributed by atoms with Crippen LogP contribution in [0.15, 0.2) is 34.6 Å². The summed E-state index contributed by atoms with van der Waals surface area (Å²) >= 11 is 1.52. The van der Waals surface area contributed by atoms with Crippen molar-refractivity contribution in [3.05, 3.63) is 46.0 Å². The van der Waals surface area contributed by atoms with Gasteiger partial charge in [0.1, 0.15) is 11.3 Å². The molecule has 1 aromatic carbocycles. The minimum Gasteiger partial charge on any atom is -0.336 e. The van der Waals surface area contributed by atoms with Crippen LogP contribution in [-0.4, -0.2) is 26.3 Å². The van der Waals surface area contributed by atoms with Crippen molar-refractivity contribution in [1.29, 1.82) is 0 Å². The van der Waals surface area contributed by atoms with Crippen LogP contribution in [0.3, 0.4) is 0 Å². The normalized spacial score (nSPS) is 18.2. The highest BCUT2D eigenvalue weighted by Gasteiger charge is 2.31. The SMILES string of the molecule is Cn1c(C2CCCN2c2nncs2)nc2ccccc2c1=O. The first kappa shape index (κ1) is 13.4. The second-order valence-electron chi connectivity index (χ2n) is 5.42. The molecule has 0 spiro atoms. The summed E-state index contributed by atoms with van der Waals surface area (Å²) in [7, 11) is 1.80. The summed E-state index contributed by atoms with van der Waals surface area (Å²) in [5, 5.41) is 9.65. The van der Waals surface area contributed by atoms with Crippen molar-refractivity contribution in [3.8, 4) is 0 Å². The zero-order valence-electron chi connectivity index (χ0n) is 12.1. The number of hydrogen-bond donors (Lipinski definition) is 0. The second kappa shape index (κ2) is 5.17. The van der Waals surface area contributed by atoms with Crippen LogP contribution in [-0.2, 0) is 7.05 Å². The molecule has 1 aliphatic heterocycles. The predicted octanol–water partition coefficient (Wildman–Crippen LogP) is 2.13. The van der Waals surface area contributed by atoms with Gasteiger partial charge in [0.25, 0.3) is 5.56 Å². The highest BCUT2D eigenvalue weighted by molar-refractivity contribution is 7.13. The van der Waals surface area contributed by atoms with Gasteiger partial charge in [-0.1, -0.05) is 23.5 Å². The summed E-state index contributed by atoms with van der Waals surface area (Å²) in [6, 6.07) is 7.58. The molecule has 0 amide bonds. The number of rotatable bonds is 2. The highest BCUT2D eigenvalue weighted by Crippen LogP contribution is 2.35. The first-order valence-corrected chi connectivity index (χ1v) is 8.12. The fourth-order valence-electron chi connectivity index (χ4n) is 3.09. The van der Waals surface area contributed by atoms with Crippen LogP contribution in [0.1, 0.15) is 24.7 Å². The Balaban J connectivity index is 1.87. The molecule has 0 bridgehead atoms. The van der Waals surface area contributed by atoms with Gasteiger partial charge >= 0.3 is 0 Å². The Morgan fingerprint density at radius 1 is 1.32 bits per heavy atom. The highest BCUT2D eigenvalue weighted by atomic mass is 32.1. The third-order valence-electron chi connectivity index (χ3n) is 4.16. The van der Waals surface area contributed by atoms with Crippen molar-refractivity contribution < 1.29 is 0 Å². The standard InChI is InChI=1S/C15H15N5OS/c1-19-13(17-11-6-3-2-5-10(11)14(19)21)12-7-4-8-20(12)15-18-16-9-22-15/h2-3,5-6,9,12H,4,7-8H2,1H3. The van der Waals surface area contributed by atoms with Gasteiger partial charge in [-0.05, 0) is 25.0 Å². The van der Waals surface area contributed by atoms with Crippen LogP contribution >= 0.6 is 11.3 Å². The molecule has 0 aliphatic carbocycles. The Kier molecular flexibility index (Phi) is 3.15. The van der Waals surface area contributed by atoms with Crippen LogP contribution < -0.4 is 10.5 Å². The van der Waals surface area contributed by atoms with E-state index in [2.05, 4.69) is 15.1 Å². The largest absolute Gasteiger partial charge is 0.336 e. The fourth-order valence-corrected chi connectivity index (χ4v) is 3.73. The van der Waals surface area contributed by atoms with Crippen LogP contribution in [0.5, 0.6) is 0 Å². The number of nitrogens with zero attached hydrogens (tertiary/aromatic N) is 5. The summed E-state index contributed by atoms with van der Waals surface area (Å²) in [5.41, 5.74) is 2.49. The third kappa shape index (κ3) is 2.00. The van der Waals surface area contributed by atoms with Crippen molar-refractivity contribution in [3.63, 3.8) is 0 Å². The topological polar surface area (TPSA) is 63.9 Å². The van der Waals surface area contributed by atoms with Gasteiger partial charge in [-0.2, -0.15) is 0 Å². The Morgan fingerprint density at radius 3 is 3.00 bits per heavy atom. The molecule has 3 aromatic rings. The predicted molar refractivity (Wildman–Crippen MR) is 86.2 cm³/mol. The maximum absolute atomic E-state index is 12.6. The van der Waals surface area contributed by atoms with E-state index in [1.165, 1.54) is 11.3 Å². The quantitative estimate of drug-likeness (QED) is 0.725. The van der Waals surface area contributed by atoms with E-state index >= 15 is 0 Å². The molecular formula is C15H15N5OS. The first-order chi connectivity index (χ1) is 10.8. The second-order valence-corrected chi connectivity index (χ2v) is 6.24. The number of hydrogen-bond acceptors (Lipinski definition) is 6. The zero-order chi connectivity index (χ0) is 15.1. The smallest absolute Gasteiger partial charge is 0.261 e. The maximum atomic E-state index is 12.6. The molecule has 22 heavy (non-hydrogen) atoms. The Hall–Kier alpha value is -2.28. The zero-order valence-corrected chi connectivity index (χ0v) is 13.0. The van der Waals surface area contributed by atoms with Crippen LogP contribution in [0.4, 0.5) is 5.13 Å². The molecule has 3 heterocycles. The van der Waals surface area contributed by atoms with Crippen molar-refractivity contribution in [2.45, 2.75) is 18.9 Å². The van der Waals surface area contributed by atoms with Gasteiger partial charge in [-0.25, -0.2) is 4.98 Å². The number of benzene rings is 1. The lowest BCUT2D eigenvalue weighted by atomic mass is 10.2. The van der Waals surface area contributed by atoms with Gasteiger partial charge in [-0.3, -0.25) is 9.36 Å². The molecule has 7 heteroatoms. The Labute approximate surface area is 131 Å². The Morgan fingerprint density at radius 2 is 2.18 bits per heavy atom. The molecule has 0 N–H and O–H groups in total. The lowest BCUT2D eigenvalue weighted by Crippen LogP contribution is -2.30. The summed E-state index contributed by atoms with van der Waals surface area (Å²) in [6.45, 7) is 0.919. The van der Waals surface area contributed by atoms with Gasteiger partial charge in [0.2, 0.25) is 5.13 Å². The molecule has 6 nitrogen and oxygen atoms in total. The van der Waals surface area contributed by atoms with Crippen LogP contribution in [0, 0.1) is 0 Å². The molecule has 4 rings (SSSR count). The summed E-state index contributed by atoms with van der Waals surface area (Å²) in [6.07, 6.45) is 2.03. The molecule has 1 aliphatic rings. The molecule has 0 saturated carbocycles. The molecule has 2 aromatic heterocycles. The molecule has 0 radical (unpaired) electrons. The van der Waals surface area contributed by atoms with Crippen LogP contribution in [0.25, 0.3) is 10.9 Å².